The zero-order valence-corrected chi connectivity index (χ0v) is 6.65. The molecule has 1 rings (SSSR count). The lowest BCUT2D eigenvalue weighted by Crippen LogP contribution is -2.39. The van der Waals surface area contributed by atoms with Crippen molar-refractivity contribution in [1.29, 1.82) is 0 Å². The number of rotatable bonds is 2. The highest BCUT2D eigenvalue weighted by atomic mass is 14.9. The third-order valence-corrected chi connectivity index (χ3v) is 2.78. The van der Waals surface area contributed by atoms with Gasteiger partial charge < -0.3 is 5.32 Å². The number of nitrogens with one attached hydrogen (secondary N) is 1. The molecular weight excluding hydrogens is 110 g/mol. The quantitative estimate of drug-likeness (QED) is 0.594. The minimum Gasteiger partial charge on any atom is -0.317 e. The Bertz CT molecular complexity index is 90.6. The molecule has 0 saturated heterocycles. The smallest absolute Gasteiger partial charge is 0.00665 e. The summed E-state index contributed by atoms with van der Waals surface area (Å²) in [5.41, 5.74) is 0. The first-order valence-corrected chi connectivity index (χ1v) is 3.93. The zero-order chi connectivity index (χ0) is 6.85. The first-order chi connectivity index (χ1) is 4.25. The van der Waals surface area contributed by atoms with E-state index in [1.165, 1.54) is 12.8 Å². The summed E-state index contributed by atoms with van der Waals surface area (Å²) in [5, 5.41) is 3.30. The van der Waals surface area contributed by atoms with Crippen LogP contribution in [0.25, 0.3) is 0 Å². The van der Waals surface area contributed by atoms with E-state index >= 15 is 0 Å². The molecule has 0 aliphatic heterocycles. The van der Waals surface area contributed by atoms with Gasteiger partial charge in [-0.3, -0.25) is 0 Å². The summed E-state index contributed by atoms with van der Waals surface area (Å²) in [4.78, 5) is 0. The third kappa shape index (κ3) is 1.26. The minimum absolute atomic E-state index is 0.730. The summed E-state index contributed by atoms with van der Waals surface area (Å²) in [6.45, 7) is 4.63. The predicted molar refractivity (Wildman–Crippen MR) is 40.4 cm³/mol. The second-order valence-electron chi connectivity index (χ2n) is 3.30. The van der Waals surface area contributed by atoms with E-state index < -0.39 is 0 Å². The van der Waals surface area contributed by atoms with Gasteiger partial charge in [-0.25, -0.2) is 0 Å². The molecule has 0 aromatic carbocycles. The van der Waals surface area contributed by atoms with Crippen LogP contribution in [0.3, 0.4) is 0 Å². The molecule has 1 N–H and O–H groups in total. The van der Waals surface area contributed by atoms with E-state index in [0.717, 1.165) is 17.9 Å². The van der Waals surface area contributed by atoms with E-state index in [-0.39, 0.29) is 0 Å². The van der Waals surface area contributed by atoms with Crippen LogP contribution in [0, 0.1) is 11.8 Å². The Morgan fingerprint density at radius 3 is 2.22 bits per heavy atom. The molecule has 1 nitrogen and oxygen atoms in total. The molecule has 3 atom stereocenters. The molecule has 1 heteroatoms. The van der Waals surface area contributed by atoms with E-state index in [9.17, 15) is 0 Å². The molecule has 0 radical (unpaired) electrons. The first-order valence-electron chi connectivity index (χ1n) is 3.93. The average Bonchev–Trinajstić information content (AvgIpc) is 1.84. The number of hydrogen-bond donors (Lipinski definition) is 1. The Hall–Kier alpha value is -0.0400. The molecule has 1 fully saturated rings. The van der Waals surface area contributed by atoms with Gasteiger partial charge in [-0.05, 0) is 32.2 Å². The Morgan fingerprint density at radius 2 is 2.11 bits per heavy atom. The standard InChI is InChI=1S/C8H17N/c1-6-4-5-8(6)7(2)9-3/h6-9H,4-5H2,1-3H3. The molecule has 3 unspecified atom stereocenters. The molecule has 0 aromatic heterocycles. The van der Waals surface area contributed by atoms with Crippen LogP contribution in [-0.2, 0) is 0 Å². The highest BCUT2D eigenvalue weighted by Crippen LogP contribution is 2.35. The highest BCUT2D eigenvalue weighted by molar-refractivity contribution is 4.83. The Kier molecular flexibility index (Phi) is 2.12. The molecule has 0 amide bonds. The largest absolute Gasteiger partial charge is 0.317 e. The van der Waals surface area contributed by atoms with Crippen molar-refractivity contribution >= 4 is 0 Å². The fraction of sp³-hybridized carbons (Fsp3) is 1.00. The summed E-state index contributed by atoms with van der Waals surface area (Å²) in [6.07, 6.45) is 2.87. The molecule has 1 aliphatic carbocycles. The number of hydrogen-bond acceptors (Lipinski definition) is 1. The monoisotopic (exact) mass is 127 g/mol. The maximum Gasteiger partial charge on any atom is 0.00665 e. The van der Waals surface area contributed by atoms with Crippen molar-refractivity contribution in [3.63, 3.8) is 0 Å². The molecule has 0 spiro atoms. The van der Waals surface area contributed by atoms with Gasteiger partial charge in [-0.15, -0.1) is 0 Å². The topological polar surface area (TPSA) is 12.0 Å². The molecule has 1 aliphatic rings. The van der Waals surface area contributed by atoms with Crippen molar-refractivity contribution in [3.05, 3.63) is 0 Å². The molecule has 1 saturated carbocycles. The maximum absolute atomic E-state index is 3.30. The summed E-state index contributed by atoms with van der Waals surface area (Å²) in [7, 11) is 2.05. The van der Waals surface area contributed by atoms with E-state index in [1.807, 2.05) is 0 Å². The lowest BCUT2D eigenvalue weighted by atomic mass is 9.71. The van der Waals surface area contributed by atoms with Crippen LogP contribution in [0.1, 0.15) is 26.7 Å². The Morgan fingerprint density at radius 1 is 1.44 bits per heavy atom. The van der Waals surface area contributed by atoms with Crippen molar-refractivity contribution in [1.82, 2.24) is 5.32 Å². The van der Waals surface area contributed by atoms with Crippen molar-refractivity contribution in [2.75, 3.05) is 7.05 Å². The summed E-state index contributed by atoms with van der Waals surface area (Å²) in [5.74, 6) is 1.92. The van der Waals surface area contributed by atoms with Crippen LogP contribution < -0.4 is 5.32 Å². The Balaban J connectivity index is 2.25. The van der Waals surface area contributed by atoms with E-state index in [0.29, 0.717) is 0 Å². The van der Waals surface area contributed by atoms with Gasteiger partial charge in [0.05, 0.1) is 0 Å². The molecular formula is C8H17N. The molecule has 54 valence electrons. The molecule has 9 heavy (non-hydrogen) atoms. The first kappa shape index (κ1) is 7.07. The van der Waals surface area contributed by atoms with Gasteiger partial charge in [-0.2, -0.15) is 0 Å². The highest BCUT2D eigenvalue weighted by Gasteiger charge is 2.30. The normalized spacial score (nSPS) is 37.7. The van der Waals surface area contributed by atoms with Gasteiger partial charge >= 0.3 is 0 Å². The van der Waals surface area contributed by atoms with Gasteiger partial charge in [0.15, 0.2) is 0 Å². The second kappa shape index (κ2) is 2.70. The van der Waals surface area contributed by atoms with Gasteiger partial charge in [-0.1, -0.05) is 13.3 Å². The van der Waals surface area contributed by atoms with Crippen molar-refractivity contribution in [2.45, 2.75) is 32.7 Å². The van der Waals surface area contributed by atoms with E-state index in [4.69, 9.17) is 0 Å². The van der Waals surface area contributed by atoms with Crippen LogP contribution in [-0.4, -0.2) is 13.1 Å². The SMILES string of the molecule is CNC(C)C1CCC1C. The van der Waals surface area contributed by atoms with Gasteiger partial charge in [0.1, 0.15) is 0 Å². The van der Waals surface area contributed by atoms with E-state index in [1.54, 1.807) is 0 Å². The van der Waals surface area contributed by atoms with Gasteiger partial charge in [0.25, 0.3) is 0 Å². The lowest BCUT2D eigenvalue weighted by Gasteiger charge is -2.38. The van der Waals surface area contributed by atoms with Gasteiger partial charge in [0.2, 0.25) is 0 Å². The minimum atomic E-state index is 0.730. The van der Waals surface area contributed by atoms with Crippen LogP contribution >= 0.6 is 0 Å². The van der Waals surface area contributed by atoms with Crippen molar-refractivity contribution in [2.24, 2.45) is 11.8 Å². The second-order valence-corrected chi connectivity index (χ2v) is 3.30. The predicted octanol–water partition coefficient (Wildman–Crippen LogP) is 1.64. The maximum atomic E-state index is 3.30. The van der Waals surface area contributed by atoms with Crippen LogP contribution in [0.2, 0.25) is 0 Å². The lowest BCUT2D eigenvalue weighted by molar-refractivity contribution is 0.153. The zero-order valence-electron chi connectivity index (χ0n) is 6.65. The fourth-order valence-electron chi connectivity index (χ4n) is 1.65. The summed E-state index contributed by atoms with van der Waals surface area (Å²) >= 11 is 0. The third-order valence-electron chi connectivity index (χ3n) is 2.78. The Labute approximate surface area is 57.8 Å². The fourth-order valence-corrected chi connectivity index (χ4v) is 1.65. The van der Waals surface area contributed by atoms with Crippen LogP contribution in [0.5, 0.6) is 0 Å². The average molecular weight is 127 g/mol. The van der Waals surface area contributed by atoms with E-state index in [2.05, 4.69) is 26.2 Å². The van der Waals surface area contributed by atoms with Crippen LogP contribution in [0.15, 0.2) is 0 Å². The molecule has 0 heterocycles. The van der Waals surface area contributed by atoms with Gasteiger partial charge in [0, 0.05) is 6.04 Å². The summed E-state index contributed by atoms with van der Waals surface area (Å²) < 4.78 is 0. The molecule has 0 bridgehead atoms. The summed E-state index contributed by atoms with van der Waals surface area (Å²) in [6, 6.07) is 0.730. The molecule has 0 aromatic rings. The van der Waals surface area contributed by atoms with Crippen molar-refractivity contribution in [3.8, 4) is 0 Å². The van der Waals surface area contributed by atoms with Crippen LogP contribution in [0.4, 0.5) is 0 Å². The van der Waals surface area contributed by atoms with Crippen molar-refractivity contribution < 1.29 is 0 Å².